The van der Waals surface area contributed by atoms with Crippen LogP contribution in [-0.2, 0) is 0 Å². The molecular formula is C23H22N4O4. The lowest BCUT2D eigenvalue weighted by Gasteiger charge is -2.25. The van der Waals surface area contributed by atoms with E-state index in [0.717, 1.165) is 22.6 Å². The molecule has 1 aliphatic rings. The molecule has 4 rings (SSSR count). The van der Waals surface area contributed by atoms with Gasteiger partial charge < -0.3 is 24.7 Å². The second-order valence-electron chi connectivity index (χ2n) is 6.81. The summed E-state index contributed by atoms with van der Waals surface area (Å²) in [5.41, 5.74) is 9.41. The first kappa shape index (κ1) is 20.2. The number of benzene rings is 2. The summed E-state index contributed by atoms with van der Waals surface area (Å²) in [5, 5.41) is 17.2. The van der Waals surface area contributed by atoms with Crippen LogP contribution >= 0.6 is 0 Å². The minimum Gasteiger partial charge on any atom is -0.497 e. The number of hydrogen-bond acceptors (Lipinski definition) is 7. The molecule has 1 unspecified atom stereocenters. The number of aromatic amines is 1. The fourth-order valence-electron chi connectivity index (χ4n) is 3.72. The molecule has 0 aliphatic carbocycles. The molecule has 0 amide bonds. The normalized spacial score (nSPS) is 15.0. The average Bonchev–Trinajstić information content (AvgIpc) is 3.21. The molecule has 1 atom stereocenters. The maximum atomic E-state index is 9.90. The van der Waals surface area contributed by atoms with Gasteiger partial charge in [-0.1, -0.05) is 6.07 Å². The maximum absolute atomic E-state index is 9.90. The molecule has 0 saturated heterocycles. The Morgan fingerprint density at radius 3 is 2.52 bits per heavy atom. The Hall–Kier alpha value is -4.12. The van der Waals surface area contributed by atoms with Gasteiger partial charge in [-0.25, -0.2) is 0 Å². The van der Waals surface area contributed by atoms with Crippen molar-refractivity contribution >= 4 is 0 Å². The van der Waals surface area contributed by atoms with Gasteiger partial charge in [0.15, 0.2) is 0 Å². The van der Waals surface area contributed by atoms with E-state index in [1.54, 1.807) is 20.3 Å². The maximum Gasteiger partial charge on any atom is 0.244 e. The number of nitrogens with zero attached hydrogens (tertiary/aromatic N) is 2. The zero-order valence-electron chi connectivity index (χ0n) is 17.4. The smallest absolute Gasteiger partial charge is 0.244 e. The number of hydrogen-bond donors (Lipinski definition) is 2. The van der Waals surface area contributed by atoms with Gasteiger partial charge in [0.25, 0.3) is 0 Å². The van der Waals surface area contributed by atoms with Crippen LogP contribution in [0.1, 0.15) is 24.0 Å². The van der Waals surface area contributed by atoms with Crippen molar-refractivity contribution in [3.05, 3.63) is 65.0 Å². The van der Waals surface area contributed by atoms with E-state index in [0.29, 0.717) is 29.5 Å². The number of allylic oxidation sites excluding steroid dienone is 1. The monoisotopic (exact) mass is 418 g/mol. The average molecular weight is 418 g/mol. The van der Waals surface area contributed by atoms with Gasteiger partial charge in [0.1, 0.15) is 28.9 Å². The number of nitrogens with two attached hydrogens (primary N) is 1. The summed E-state index contributed by atoms with van der Waals surface area (Å²) in [7, 11) is 3.15. The van der Waals surface area contributed by atoms with Gasteiger partial charge in [0.2, 0.25) is 11.8 Å². The number of aromatic nitrogens is 2. The van der Waals surface area contributed by atoms with Crippen LogP contribution in [0.4, 0.5) is 0 Å². The first-order valence-corrected chi connectivity index (χ1v) is 9.72. The van der Waals surface area contributed by atoms with Gasteiger partial charge in [-0.2, -0.15) is 5.26 Å². The SMILES string of the molecule is CCOc1ccc(-c2[nH]nc3c2C(c2ccc(OC)cc2OC)C(C#N)=C(N)O3)cc1. The summed E-state index contributed by atoms with van der Waals surface area (Å²) in [6.45, 7) is 2.52. The Bertz CT molecular complexity index is 1180. The zero-order valence-corrected chi connectivity index (χ0v) is 17.4. The number of fused-ring (bicyclic) bond motifs is 1. The van der Waals surface area contributed by atoms with E-state index in [4.69, 9.17) is 24.7 Å². The number of nitriles is 1. The summed E-state index contributed by atoms with van der Waals surface area (Å²) < 4.78 is 22.1. The van der Waals surface area contributed by atoms with Crippen molar-refractivity contribution in [1.82, 2.24) is 10.2 Å². The molecular weight excluding hydrogens is 396 g/mol. The molecule has 0 spiro atoms. The molecule has 0 fully saturated rings. The number of ether oxygens (including phenoxy) is 4. The first-order chi connectivity index (χ1) is 15.1. The third kappa shape index (κ3) is 3.51. The van der Waals surface area contributed by atoms with Crippen molar-refractivity contribution in [2.75, 3.05) is 20.8 Å². The Labute approximate surface area is 179 Å². The molecule has 8 heteroatoms. The molecule has 0 bridgehead atoms. The predicted octanol–water partition coefficient (Wildman–Crippen LogP) is 3.71. The highest BCUT2D eigenvalue weighted by Crippen LogP contribution is 2.48. The summed E-state index contributed by atoms with van der Waals surface area (Å²) in [6, 6.07) is 15.3. The minimum atomic E-state index is -0.532. The van der Waals surface area contributed by atoms with E-state index in [1.165, 1.54) is 0 Å². The van der Waals surface area contributed by atoms with Crippen LogP contribution < -0.4 is 24.7 Å². The molecule has 3 N–H and O–H groups in total. The van der Waals surface area contributed by atoms with Crippen molar-refractivity contribution in [1.29, 1.82) is 5.26 Å². The summed E-state index contributed by atoms with van der Waals surface area (Å²) in [4.78, 5) is 0. The molecule has 2 heterocycles. The van der Waals surface area contributed by atoms with E-state index in [9.17, 15) is 5.26 Å². The van der Waals surface area contributed by atoms with E-state index in [-0.39, 0.29) is 11.5 Å². The lowest BCUT2D eigenvalue weighted by atomic mass is 9.82. The van der Waals surface area contributed by atoms with E-state index < -0.39 is 5.92 Å². The molecule has 3 aromatic rings. The first-order valence-electron chi connectivity index (χ1n) is 9.72. The Kier molecular flexibility index (Phi) is 5.41. The fourth-order valence-corrected chi connectivity index (χ4v) is 3.72. The quantitative estimate of drug-likeness (QED) is 0.627. The highest BCUT2D eigenvalue weighted by atomic mass is 16.5. The van der Waals surface area contributed by atoms with Crippen LogP contribution in [-0.4, -0.2) is 31.0 Å². The topological polar surface area (TPSA) is 115 Å². The van der Waals surface area contributed by atoms with Crippen molar-refractivity contribution in [2.45, 2.75) is 12.8 Å². The number of nitrogens with one attached hydrogen (secondary N) is 1. The van der Waals surface area contributed by atoms with Crippen LogP contribution in [0.25, 0.3) is 11.3 Å². The number of rotatable bonds is 6. The third-order valence-electron chi connectivity index (χ3n) is 5.14. The van der Waals surface area contributed by atoms with Gasteiger partial charge >= 0.3 is 0 Å². The minimum absolute atomic E-state index is 0.0163. The molecule has 0 saturated carbocycles. The number of H-pyrrole nitrogens is 1. The van der Waals surface area contributed by atoms with Crippen LogP contribution in [0.15, 0.2) is 53.9 Å². The molecule has 31 heavy (non-hydrogen) atoms. The highest BCUT2D eigenvalue weighted by Gasteiger charge is 2.37. The summed E-state index contributed by atoms with van der Waals surface area (Å²) in [5.74, 6) is 1.78. The summed E-state index contributed by atoms with van der Waals surface area (Å²) >= 11 is 0. The summed E-state index contributed by atoms with van der Waals surface area (Å²) in [6.07, 6.45) is 0. The second-order valence-corrected chi connectivity index (χ2v) is 6.81. The largest absolute Gasteiger partial charge is 0.497 e. The van der Waals surface area contributed by atoms with E-state index in [1.807, 2.05) is 43.3 Å². The Balaban J connectivity index is 1.89. The van der Waals surface area contributed by atoms with Crippen molar-refractivity contribution in [3.8, 4) is 40.5 Å². The molecule has 1 aliphatic heterocycles. The zero-order chi connectivity index (χ0) is 22.0. The van der Waals surface area contributed by atoms with Crippen molar-refractivity contribution < 1.29 is 18.9 Å². The van der Waals surface area contributed by atoms with Gasteiger partial charge in [-0.3, -0.25) is 5.10 Å². The Morgan fingerprint density at radius 1 is 1.13 bits per heavy atom. The van der Waals surface area contributed by atoms with Crippen LogP contribution in [0.5, 0.6) is 23.1 Å². The van der Waals surface area contributed by atoms with E-state index in [2.05, 4.69) is 16.3 Å². The van der Waals surface area contributed by atoms with Crippen LogP contribution in [0.3, 0.4) is 0 Å². The third-order valence-corrected chi connectivity index (χ3v) is 5.14. The van der Waals surface area contributed by atoms with Crippen molar-refractivity contribution in [3.63, 3.8) is 0 Å². The second kappa shape index (κ2) is 8.32. The number of methoxy groups -OCH3 is 2. The highest BCUT2D eigenvalue weighted by molar-refractivity contribution is 5.72. The van der Waals surface area contributed by atoms with Gasteiger partial charge in [0, 0.05) is 17.2 Å². The van der Waals surface area contributed by atoms with E-state index >= 15 is 0 Å². The molecule has 0 radical (unpaired) electrons. The molecule has 2 aromatic carbocycles. The molecule has 8 nitrogen and oxygen atoms in total. The van der Waals surface area contributed by atoms with Gasteiger partial charge in [0.05, 0.1) is 38.0 Å². The van der Waals surface area contributed by atoms with Crippen LogP contribution in [0, 0.1) is 11.3 Å². The van der Waals surface area contributed by atoms with Crippen LogP contribution in [0.2, 0.25) is 0 Å². The van der Waals surface area contributed by atoms with Crippen molar-refractivity contribution in [2.24, 2.45) is 5.73 Å². The predicted molar refractivity (Wildman–Crippen MR) is 114 cm³/mol. The lowest BCUT2D eigenvalue weighted by Crippen LogP contribution is -2.21. The molecule has 1 aromatic heterocycles. The fraction of sp³-hybridized carbons (Fsp3) is 0.217. The molecule has 158 valence electrons. The van der Waals surface area contributed by atoms with Gasteiger partial charge in [-0.15, -0.1) is 5.10 Å². The standard InChI is InChI=1S/C23H22N4O4/c1-4-30-14-7-5-13(6-8-14)21-20-19(16-10-9-15(28-2)11-18(16)29-3)17(12-24)22(25)31-23(20)27-26-21/h5-11,19H,4,25H2,1-3H3,(H,26,27). The Morgan fingerprint density at radius 2 is 1.87 bits per heavy atom. The lowest BCUT2D eigenvalue weighted by molar-refractivity contribution is 0.340. The van der Waals surface area contributed by atoms with Gasteiger partial charge in [-0.05, 0) is 37.3 Å².